The first-order valence-corrected chi connectivity index (χ1v) is 4.42. The minimum absolute atomic E-state index is 0.858. The first-order chi connectivity index (χ1) is 4.30. The van der Waals surface area contributed by atoms with Crippen molar-refractivity contribution in [2.75, 3.05) is 0 Å². The van der Waals surface area contributed by atoms with Gasteiger partial charge in [0.2, 0.25) is 0 Å². The molecule has 0 spiro atoms. The van der Waals surface area contributed by atoms with Gasteiger partial charge in [-0.05, 0) is 25.7 Å². The summed E-state index contributed by atoms with van der Waals surface area (Å²) < 4.78 is 0. The number of hydrogen-bond donors (Lipinski definition) is 2. The van der Waals surface area contributed by atoms with Crippen molar-refractivity contribution in [2.45, 2.75) is 25.7 Å². The van der Waals surface area contributed by atoms with E-state index in [1.54, 1.807) is 0 Å². The van der Waals surface area contributed by atoms with Crippen molar-refractivity contribution in [2.24, 2.45) is 0 Å². The van der Waals surface area contributed by atoms with Crippen LogP contribution < -0.4 is 0 Å². The third-order valence-electron chi connectivity index (χ3n) is 1.52. The van der Waals surface area contributed by atoms with Crippen LogP contribution in [0, 0.1) is 0 Å². The Labute approximate surface area is 56.1 Å². The normalized spacial score (nSPS) is 20.1. The Morgan fingerprint density at radius 3 is 2.44 bits per heavy atom. The zero-order chi connectivity index (χ0) is 6.69. The Hall–Kier alpha value is 0.0900. The van der Waals surface area contributed by atoms with E-state index in [1.807, 2.05) is 6.08 Å². The Morgan fingerprint density at radius 2 is 2.11 bits per heavy atom. The molecule has 52 valence electrons. The molecule has 0 amide bonds. The predicted molar refractivity (Wildman–Crippen MR) is 37.9 cm³/mol. The van der Waals surface area contributed by atoms with Gasteiger partial charge in [-0.1, -0.05) is 6.08 Å². The van der Waals surface area contributed by atoms with E-state index in [0.29, 0.717) is 0 Å². The fourth-order valence-corrected chi connectivity index (χ4v) is 1.65. The summed E-state index contributed by atoms with van der Waals surface area (Å²) in [6.07, 6.45) is 6.18. The monoisotopic (exact) mass is 146 g/mol. The predicted octanol–water partition coefficient (Wildman–Crippen LogP) is 1.74. The van der Waals surface area contributed by atoms with Gasteiger partial charge in [-0.2, -0.15) is 0 Å². The molecular formula is C6H11O2P. The zero-order valence-corrected chi connectivity index (χ0v) is 6.14. The molecule has 0 bridgehead atoms. The van der Waals surface area contributed by atoms with Crippen LogP contribution in [0.1, 0.15) is 25.7 Å². The van der Waals surface area contributed by atoms with Gasteiger partial charge in [0.15, 0.2) is 8.38 Å². The second-order valence-corrected chi connectivity index (χ2v) is 3.38. The molecule has 2 nitrogen and oxygen atoms in total. The molecule has 0 aromatic rings. The quantitative estimate of drug-likeness (QED) is 0.553. The molecule has 3 heteroatoms. The average Bonchev–Trinajstić information content (AvgIpc) is 1.90. The molecule has 0 aromatic carbocycles. The van der Waals surface area contributed by atoms with Gasteiger partial charge in [0.05, 0.1) is 0 Å². The molecule has 0 radical (unpaired) electrons. The van der Waals surface area contributed by atoms with Crippen molar-refractivity contribution >= 4 is 8.38 Å². The van der Waals surface area contributed by atoms with Crippen LogP contribution in [0.25, 0.3) is 0 Å². The summed E-state index contributed by atoms with van der Waals surface area (Å²) >= 11 is 0. The summed E-state index contributed by atoms with van der Waals surface area (Å²) in [7, 11) is -1.76. The Bertz CT molecular complexity index is 120. The minimum atomic E-state index is -1.76. The second kappa shape index (κ2) is 3.31. The van der Waals surface area contributed by atoms with Gasteiger partial charge in [-0.3, -0.25) is 0 Å². The SMILES string of the molecule is OP(O)C1=CCCCC1. The second-order valence-electron chi connectivity index (χ2n) is 2.23. The summed E-state index contributed by atoms with van der Waals surface area (Å²) in [5, 5.41) is 0.858. The average molecular weight is 146 g/mol. The summed E-state index contributed by atoms with van der Waals surface area (Å²) in [4.78, 5) is 17.5. The molecule has 1 rings (SSSR count). The van der Waals surface area contributed by atoms with Crippen LogP contribution in [0.4, 0.5) is 0 Å². The maximum Gasteiger partial charge on any atom is 0.194 e. The van der Waals surface area contributed by atoms with E-state index >= 15 is 0 Å². The Balaban J connectivity index is 2.46. The molecule has 0 aromatic heterocycles. The molecule has 0 aliphatic heterocycles. The lowest BCUT2D eigenvalue weighted by Crippen LogP contribution is -1.89. The van der Waals surface area contributed by atoms with Gasteiger partial charge >= 0.3 is 0 Å². The van der Waals surface area contributed by atoms with Crippen molar-refractivity contribution < 1.29 is 9.79 Å². The third-order valence-corrected chi connectivity index (χ3v) is 2.44. The van der Waals surface area contributed by atoms with Crippen molar-refractivity contribution in [1.82, 2.24) is 0 Å². The lowest BCUT2D eigenvalue weighted by molar-refractivity contribution is 0.486. The standard InChI is InChI=1S/C6H11O2P/c7-9(8)6-4-2-1-3-5-6/h4,7-8H,1-3,5H2. The Kier molecular flexibility index (Phi) is 2.65. The van der Waals surface area contributed by atoms with E-state index < -0.39 is 8.38 Å². The first kappa shape index (κ1) is 7.20. The molecule has 0 atom stereocenters. The maximum atomic E-state index is 8.73. The van der Waals surface area contributed by atoms with E-state index in [1.165, 1.54) is 6.42 Å². The van der Waals surface area contributed by atoms with Crippen molar-refractivity contribution in [1.29, 1.82) is 0 Å². The number of rotatable bonds is 1. The van der Waals surface area contributed by atoms with E-state index in [2.05, 4.69) is 0 Å². The highest BCUT2D eigenvalue weighted by atomic mass is 31.2. The third kappa shape index (κ3) is 2.05. The van der Waals surface area contributed by atoms with Gasteiger partial charge in [-0.15, -0.1) is 0 Å². The van der Waals surface area contributed by atoms with Crippen molar-refractivity contribution in [3.05, 3.63) is 11.4 Å². The number of hydrogen-bond acceptors (Lipinski definition) is 2. The molecule has 0 fully saturated rings. The first-order valence-electron chi connectivity index (χ1n) is 3.17. The fraction of sp³-hybridized carbons (Fsp3) is 0.667. The summed E-state index contributed by atoms with van der Waals surface area (Å²) in [6.45, 7) is 0. The van der Waals surface area contributed by atoms with E-state index in [9.17, 15) is 0 Å². The van der Waals surface area contributed by atoms with Crippen LogP contribution in [0.5, 0.6) is 0 Å². The lowest BCUT2D eigenvalue weighted by Gasteiger charge is -2.12. The molecule has 2 N–H and O–H groups in total. The highest BCUT2D eigenvalue weighted by Crippen LogP contribution is 2.40. The number of allylic oxidation sites excluding steroid dienone is 2. The van der Waals surface area contributed by atoms with Gasteiger partial charge in [-0.25, -0.2) is 0 Å². The van der Waals surface area contributed by atoms with Gasteiger partial charge in [0.25, 0.3) is 0 Å². The highest BCUT2D eigenvalue weighted by Gasteiger charge is 2.09. The fourth-order valence-electron chi connectivity index (χ4n) is 1.00. The highest BCUT2D eigenvalue weighted by molar-refractivity contribution is 7.50. The van der Waals surface area contributed by atoms with Gasteiger partial charge in [0, 0.05) is 5.31 Å². The largest absolute Gasteiger partial charge is 0.347 e. The minimum Gasteiger partial charge on any atom is -0.347 e. The smallest absolute Gasteiger partial charge is 0.194 e. The molecule has 0 unspecified atom stereocenters. The van der Waals surface area contributed by atoms with E-state index in [4.69, 9.17) is 9.79 Å². The molecule has 0 saturated carbocycles. The van der Waals surface area contributed by atoms with Crippen LogP contribution >= 0.6 is 8.38 Å². The van der Waals surface area contributed by atoms with Crippen LogP contribution in [0.2, 0.25) is 0 Å². The lowest BCUT2D eigenvalue weighted by atomic mass is 10.1. The maximum absolute atomic E-state index is 8.73. The molecule has 0 saturated heterocycles. The van der Waals surface area contributed by atoms with Crippen LogP contribution in [0.3, 0.4) is 0 Å². The van der Waals surface area contributed by atoms with Gasteiger partial charge < -0.3 is 9.79 Å². The molecule has 0 heterocycles. The van der Waals surface area contributed by atoms with Crippen LogP contribution in [-0.2, 0) is 0 Å². The van der Waals surface area contributed by atoms with Crippen molar-refractivity contribution in [3.63, 3.8) is 0 Å². The molecular weight excluding hydrogens is 135 g/mol. The zero-order valence-electron chi connectivity index (χ0n) is 5.25. The molecule has 1 aliphatic carbocycles. The molecule has 9 heavy (non-hydrogen) atoms. The van der Waals surface area contributed by atoms with Gasteiger partial charge in [0.1, 0.15) is 0 Å². The summed E-state index contributed by atoms with van der Waals surface area (Å²) in [5.74, 6) is 0. The summed E-state index contributed by atoms with van der Waals surface area (Å²) in [5.41, 5.74) is 0. The topological polar surface area (TPSA) is 40.5 Å². The van der Waals surface area contributed by atoms with Crippen LogP contribution in [-0.4, -0.2) is 9.79 Å². The van der Waals surface area contributed by atoms with E-state index in [-0.39, 0.29) is 0 Å². The Morgan fingerprint density at radius 1 is 1.33 bits per heavy atom. The van der Waals surface area contributed by atoms with Crippen molar-refractivity contribution in [3.8, 4) is 0 Å². The summed E-state index contributed by atoms with van der Waals surface area (Å²) in [6, 6.07) is 0. The van der Waals surface area contributed by atoms with Crippen LogP contribution in [0.15, 0.2) is 11.4 Å². The van der Waals surface area contributed by atoms with E-state index in [0.717, 1.165) is 24.6 Å². The molecule has 1 aliphatic rings.